The lowest BCUT2D eigenvalue weighted by Gasteiger charge is -2.12. The van der Waals surface area contributed by atoms with Gasteiger partial charge in [0.1, 0.15) is 5.82 Å². The second-order valence-corrected chi connectivity index (χ2v) is 7.04. The lowest BCUT2D eigenvalue weighted by molar-refractivity contribution is 0.181. The summed E-state index contributed by atoms with van der Waals surface area (Å²) in [7, 11) is 1.67. The number of nitrogens with zero attached hydrogens (tertiary/aromatic N) is 2. The van der Waals surface area contributed by atoms with Gasteiger partial charge in [-0.3, -0.25) is 0 Å². The Hall–Kier alpha value is -0.250. The van der Waals surface area contributed by atoms with Crippen molar-refractivity contribution in [2.24, 2.45) is 0 Å². The van der Waals surface area contributed by atoms with E-state index in [0.29, 0.717) is 12.4 Å². The summed E-state index contributed by atoms with van der Waals surface area (Å²) in [5.74, 6) is 1.53. The first kappa shape index (κ1) is 17.1. The van der Waals surface area contributed by atoms with Crippen molar-refractivity contribution in [2.75, 3.05) is 19.0 Å². The fraction of sp³-hybridized carbons (Fsp3) is 0.286. The molecule has 0 saturated heterocycles. The summed E-state index contributed by atoms with van der Waals surface area (Å²) in [6, 6.07) is 5.96. The molecular formula is C14H14Br2IN3O. The molecule has 0 aliphatic heterocycles. The number of hydrogen-bond acceptors (Lipinski definition) is 4. The van der Waals surface area contributed by atoms with Crippen molar-refractivity contribution in [1.82, 2.24) is 9.97 Å². The number of anilines is 1. The summed E-state index contributed by atoms with van der Waals surface area (Å²) in [5.41, 5.74) is 1.84. The number of nitrogens with one attached hydrogen (secondary N) is 1. The first-order valence-corrected chi connectivity index (χ1v) is 8.98. The summed E-state index contributed by atoms with van der Waals surface area (Å²) >= 11 is 9.23. The molecule has 2 rings (SSSR count). The van der Waals surface area contributed by atoms with Crippen molar-refractivity contribution in [1.29, 1.82) is 0 Å². The third kappa shape index (κ3) is 4.14. The molecule has 1 aromatic heterocycles. The number of methoxy groups -OCH3 is 1. The normalized spacial score (nSPS) is 10.7. The van der Waals surface area contributed by atoms with E-state index in [4.69, 9.17) is 4.74 Å². The Bertz CT molecular complexity index is 625. The molecule has 2 aromatic rings. The predicted octanol–water partition coefficient (Wildman–Crippen LogP) is 4.85. The van der Waals surface area contributed by atoms with E-state index in [1.54, 1.807) is 7.11 Å². The molecule has 7 heteroatoms. The van der Waals surface area contributed by atoms with Gasteiger partial charge < -0.3 is 10.1 Å². The van der Waals surface area contributed by atoms with Gasteiger partial charge >= 0.3 is 0 Å². The van der Waals surface area contributed by atoms with Crippen molar-refractivity contribution in [3.05, 3.63) is 36.4 Å². The maximum absolute atomic E-state index is 5.24. The van der Waals surface area contributed by atoms with Gasteiger partial charge in [0.2, 0.25) is 0 Å². The highest BCUT2D eigenvalue weighted by molar-refractivity contribution is 14.1. The zero-order valence-electron chi connectivity index (χ0n) is 11.6. The average Bonchev–Trinajstić information content (AvgIpc) is 2.46. The van der Waals surface area contributed by atoms with E-state index in [2.05, 4.69) is 69.7 Å². The zero-order chi connectivity index (χ0) is 15.4. The van der Waals surface area contributed by atoms with Crippen LogP contribution in [0.1, 0.15) is 12.6 Å². The Labute approximate surface area is 154 Å². The molecule has 1 heterocycles. The Morgan fingerprint density at radius 2 is 2.00 bits per heavy atom. The average molecular weight is 527 g/mol. The van der Waals surface area contributed by atoms with E-state index < -0.39 is 0 Å². The first-order valence-electron chi connectivity index (χ1n) is 6.31. The van der Waals surface area contributed by atoms with Crippen molar-refractivity contribution in [3.63, 3.8) is 0 Å². The van der Waals surface area contributed by atoms with Gasteiger partial charge in [-0.25, -0.2) is 9.97 Å². The predicted molar refractivity (Wildman–Crippen MR) is 100 cm³/mol. The summed E-state index contributed by atoms with van der Waals surface area (Å²) < 4.78 is 8.21. The van der Waals surface area contributed by atoms with Gasteiger partial charge in [0.25, 0.3) is 0 Å². The van der Waals surface area contributed by atoms with Gasteiger partial charge in [0, 0.05) is 28.2 Å². The molecular weight excluding hydrogens is 513 g/mol. The number of aromatic nitrogens is 2. The van der Waals surface area contributed by atoms with Crippen molar-refractivity contribution >= 4 is 60.3 Å². The van der Waals surface area contributed by atoms with Crippen LogP contribution >= 0.6 is 54.5 Å². The Morgan fingerprint density at radius 3 is 2.62 bits per heavy atom. The molecule has 1 aromatic carbocycles. The molecule has 0 atom stereocenters. The highest BCUT2D eigenvalue weighted by Crippen LogP contribution is 2.29. The fourth-order valence-corrected chi connectivity index (χ4v) is 2.99. The molecule has 112 valence electrons. The van der Waals surface area contributed by atoms with Crippen LogP contribution < -0.4 is 5.32 Å². The molecule has 0 fully saturated rings. The summed E-state index contributed by atoms with van der Waals surface area (Å²) in [4.78, 5) is 9.25. The van der Waals surface area contributed by atoms with Crippen molar-refractivity contribution < 1.29 is 4.74 Å². The van der Waals surface area contributed by atoms with Crippen LogP contribution in [0.25, 0.3) is 11.4 Å². The third-order valence-corrected chi connectivity index (χ3v) is 5.74. The highest BCUT2D eigenvalue weighted by atomic mass is 127. The SMILES string of the molecule is CCNc1nc(-c2ccc(Br)c(Br)c2)nc(COC)c1I. The molecule has 0 unspecified atom stereocenters. The topological polar surface area (TPSA) is 47.0 Å². The van der Waals surface area contributed by atoms with E-state index >= 15 is 0 Å². The van der Waals surface area contributed by atoms with E-state index in [0.717, 1.165) is 36.1 Å². The van der Waals surface area contributed by atoms with Gasteiger partial charge in [-0.05, 0) is 79.6 Å². The quantitative estimate of drug-likeness (QED) is 0.566. The first-order chi connectivity index (χ1) is 10.1. The minimum Gasteiger partial charge on any atom is -0.378 e. The monoisotopic (exact) mass is 525 g/mol. The van der Waals surface area contributed by atoms with Gasteiger partial charge in [0.15, 0.2) is 5.82 Å². The van der Waals surface area contributed by atoms with Gasteiger partial charge in [-0.1, -0.05) is 0 Å². The molecule has 0 saturated carbocycles. The van der Waals surface area contributed by atoms with Gasteiger partial charge in [0.05, 0.1) is 15.9 Å². The molecule has 0 bridgehead atoms. The maximum Gasteiger partial charge on any atom is 0.161 e. The molecule has 0 aliphatic rings. The summed E-state index contributed by atoms with van der Waals surface area (Å²) in [6.07, 6.45) is 0. The molecule has 4 nitrogen and oxygen atoms in total. The minimum absolute atomic E-state index is 0.462. The third-order valence-electron chi connectivity index (χ3n) is 2.72. The second kappa shape index (κ2) is 7.85. The van der Waals surface area contributed by atoms with Gasteiger partial charge in [-0.15, -0.1) is 0 Å². The molecule has 0 radical (unpaired) electrons. The van der Waals surface area contributed by atoms with Crippen molar-refractivity contribution in [2.45, 2.75) is 13.5 Å². The summed E-state index contributed by atoms with van der Waals surface area (Å²) in [6.45, 7) is 3.32. The van der Waals surface area contributed by atoms with Crippen LogP contribution in [0.5, 0.6) is 0 Å². The van der Waals surface area contributed by atoms with E-state index in [-0.39, 0.29) is 0 Å². The molecule has 21 heavy (non-hydrogen) atoms. The number of hydrogen-bond donors (Lipinski definition) is 1. The van der Waals surface area contributed by atoms with E-state index in [9.17, 15) is 0 Å². The smallest absolute Gasteiger partial charge is 0.161 e. The Morgan fingerprint density at radius 1 is 1.24 bits per heavy atom. The van der Waals surface area contributed by atoms with Crippen molar-refractivity contribution in [3.8, 4) is 11.4 Å². The van der Waals surface area contributed by atoms with Crippen LogP contribution in [0.4, 0.5) is 5.82 Å². The standard InChI is InChI=1S/C14H14Br2IN3O/c1-3-18-14-12(17)11(7-21-2)19-13(20-14)8-4-5-9(15)10(16)6-8/h4-6H,3,7H2,1-2H3,(H,18,19,20). The van der Waals surface area contributed by atoms with Crippen LogP contribution in [-0.4, -0.2) is 23.6 Å². The van der Waals surface area contributed by atoms with Crippen LogP contribution in [0.2, 0.25) is 0 Å². The van der Waals surface area contributed by atoms with Crippen LogP contribution in [0, 0.1) is 3.57 Å². The fourth-order valence-electron chi connectivity index (χ4n) is 1.77. The number of ether oxygens (including phenoxy) is 1. The second-order valence-electron chi connectivity index (χ2n) is 4.25. The molecule has 0 aliphatic carbocycles. The number of benzene rings is 1. The van der Waals surface area contributed by atoms with Crippen LogP contribution in [-0.2, 0) is 11.3 Å². The minimum atomic E-state index is 0.462. The molecule has 0 spiro atoms. The Kier molecular flexibility index (Phi) is 6.39. The lowest BCUT2D eigenvalue weighted by atomic mass is 10.2. The number of halogens is 3. The molecule has 0 amide bonds. The molecule has 1 N–H and O–H groups in total. The zero-order valence-corrected chi connectivity index (χ0v) is 16.9. The van der Waals surface area contributed by atoms with Crippen LogP contribution in [0.15, 0.2) is 27.1 Å². The van der Waals surface area contributed by atoms with E-state index in [1.807, 2.05) is 25.1 Å². The van der Waals surface area contributed by atoms with E-state index in [1.165, 1.54) is 0 Å². The highest BCUT2D eigenvalue weighted by Gasteiger charge is 2.13. The maximum atomic E-state index is 5.24. The summed E-state index contributed by atoms with van der Waals surface area (Å²) in [5, 5.41) is 3.28. The largest absolute Gasteiger partial charge is 0.378 e. The Balaban J connectivity index is 2.53. The lowest BCUT2D eigenvalue weighted by Crippen LogP contribution is -2.08. The van der Waals surface area contributed by atoms with Crippen LogP contribution in [0.3, 0.4) is 0 Å². The number of rotatable bonds is 5. The van der Waals surface area contributed by atoms with Gasteiger partial charge in [-0.2, -0.15) is 0 Å².